The van der Waals surface area contributed by atoms with E-state index in [-0.39, 0.29) is 13.1 Å². The number of carboxylic acids is 1. The number of carbonyl (C=O) groups is 1. The second kappa shape index (κ2) is 5.92. The fraction of sp³-hybridized carbons (Fsp3) is 0.875. The molecule has 0 aromatic carbocycles. The average molecular weight is 228 g/mol. The van der Waals surface area contributed by atoms with Gasteiger partial charge in [0.2, 0.25) is 0 Å². The topological polar surface area (TPSA) is 52.6 Å². The predicted octanol–water partition coefficient (Wildman–Crippen LogP) is 0.543. The quantitative estimate of drug-likeness (QED) is 0.696. The van der Waals surface area contributed by atoms with Crippen molar-refractivity contribution in [3.8, 4) is 0 Å². The van der Waals surface area contributed by atoms with Gasteiger partial charge < -0.3 is 15.3 Å². The number of hydrogen-bond donors (Lipinski definition) is 2. The van der Waals surface area contributed by atoms with E-state index in [0.717, 1.165) is 0 Å². The fourth-order valence-corrected chi connectivity index (χ4v) is 1.01. The Labute approximate surface area is 86.1 Å². The Bertz CT molecular complexity index is 209. The molecule has 0 radical (unpaired) electrons. The van der Waals surface area contributed by atoms with Crippen LogP contribution < -0.4 is 5.32 Å². The molecule has 0 aromatic rings. The molecule has 0 aliphatic rings. The smallest absolute Gasteiger partial charge is 0.390 e. The summed E-state index contributed by atoms with van der Waals surface area (Å²) in [6, 6.07) is -0.844. The largest absolute Gasteiger partial charge is 0.480 e. The molecule has 0 spiro atoms. The van der Waals surface area contributed by atoms with E-state index in [1.807, 2.05) is 0 Å². The van der Waals surface area contributed by atoms with Crippen LogP contribution in [-0.2, 0) is 4.79 Å². The Kier molecular flexibility index (Phi) is 5.59. The molecule has 0 saturated carbocycles. The highest BCUT2D eigenvalue weighted by Gasteiger charge is 2.27. The van der Waals surface area contributed by atoms with E-state index < -0.39 is 24.6 Å². The molecule has 90 valence electrons. The molecule has 1 atom stereocenters. The van der Waals surface area contributed by atoms with E-state index >= 15 is 0 Å². The van der Waals surface area contributed by atoms with Crippen LogP contribution in [0, 0.1) is 0 Å². The zero-order valence-electron chi connectivity index (χ0n) is 8.64. The monoisotopic (exact) mass is 228 g/mol. The zero-order chi connectivity index (χ0) is 12.1. The summed E-state index contributed by atoms with van der Waals surface area (Å²) in [5.41, 5.74) is 0. The van der Waals surface area contributed by atoms with Crippen LogP contribution in [0.5, 0.6) is 0 Å². The Morgan fingerprint density at radius 2 is 2.07 bits per heavy atom. The van der Waals surface area contributed by atoms with E-state index in [4.69, 9.17) is 5.11 Å². The molecule has 0 saturated heterocycles. The number of nitrogens with one attached hydrogen (secondary N) is 1. The molecule has 0 rings (SSSR count). The van der Waals surface area contributed by atoms with E-state index in [1.54, 1.807) is 0 Å². The lowest BCUT2D eigenvalue weighted by Crippen LogP contribution is -2.44. The molecule has 0 aliphatic heterocycles. The first-order valence-electron chi connectivity index (χ1n) is 4.41. The molecule has 15 heavy (non-hydrogen) atoms. The molecule has 0 fully saturated rings. The molecular weight excluding hydrogens is 213 g/mol. The van der Waals surface area contributed by atoms with Crippen LogP contribution in [0.2, 0.25) is 0 Å². The van der Waals surface area contributed by atoms with Crippen LogP contribution in [0.1, 0.15) is 6.42 Å². The summed E-state index contributed by atoms with van der Waals surface area (Å²) in [4.78, 5) is 11.9. The van der Waals surface area contributed by atoms with Crippen LogP contribution in [0.3, 0.4) is 0 Å². The molecule has 0 aromatic heterocycles. The van der Waals surface area contributed by atoms with Crippen molar-refractivity contribution in [1.82, 2.24) is 10.2 Å². The molecule has 0 heterocycles. The molecule has 0 aliphatic carbocycles. The van der Waals surface area contributed by atoms with Gasteiger partial charge in [-0.3, -0.25) is 4.79 Å². The number of alkyl halides is 3. The van der Waals surface area contributed by atoms with Gasteiger partial charge in [-0.25, -0.2) is 0 Å². The van der Waals surface area contributed by atoms with Gasteiger partial charge >= 0.3 is 12.1 Å². The number of likely N-dealkylation sites (N-methyl/N-ethyl adjacent to an activating group) is 2. The van der Waals surface area contributed by atoms with Crippen molar-refractivity contribution in [3.63, 3.8) is 0 Å². The third-order valence-corrected chi connectivity index (χ3v) is 1.92. The second-order valence-electron chi connectivity index (χ2n) is 3.31. The Balaban J connectivity index is 3.91. The fourth-order valence-electron chi connectivity index (χ4n) is 1.01. The SMILES string of the molecule is CNC(CN(C)CCC(F)(F)F)C(=O)O. The Hall–Kier alpha value is -0.820. The minimum Gasteiger partial charge on any atom is -0.480 e. The summed E-state index contributed by atoms with van der Waals surface area (Å²) >= 11 is 0. The molecule has 7 heteroatoms. The maximum absolute atomic E-state index is 11.8. The molecule has 4 nitrogen and oxygen atoms in total. The third kappa shape index (κ3) is 7.15. The van der Waals surface area contributed by atoms with Gasteiger partial charge in [0.25, 0.3) is 0 Å². The molecule has 1 unspecified atom stereocenters. The Morgan fingerprint density at radius 1 is 1.53 bits per heavy atom. The lowest BCUT2D eigenvalue weighted by atomic mass is 10.2. The average Bonchev–Trinajstić information content (AvgIpc) is 2.09. The summed E-state index contributed by atoms with van der Waals surface area (Å²) in [6.45, 7) is -0.156. The third-order valence-electron chi connectivity index (χ3n) is 1.92. The van der Waals surface area contributed by atoms with Crippen LogP contribution >= 0.6 is 0 Å². The predicted molar refractivity (Wildman–Crippen MR) is 48.7 cm³/mol. The van der Waals surface area contributed by atoms with E-state index in [9.17, 15) is 18.0 Å². The van der Waals surface area contributed by atoms with Crippen molar-refractivity contribution < 1.29 is 23.1 Å². The number of halogens is 3. The highest BCUT2D eigenvalue weighted by molar-refractivity contribution is 5.73. The van der Waals surface area contributed by atoms with Gasteiger partial charge in [0.1, 0.15) is 6.04 Å². The lowest BCUT2D eigenvalue weighted by Gasteiger charge is -2.21. The minimum atomic E-state index is -4.20. The summed E-state index contributed by atoms with van der Waals surface area (Å²) in [7, 11) is 2.91. The second-order valence-corrected chi connectivity index (χ2v) is 3.31. The molecule has 2 N–H and O–H groups in total. The number of hydrogen-bond acceptors (Lipinski definition) is 3. The van der Waals surface area contributed by atoms with Crippen LogP contribution in [0.25, 0.3) is 0 Å². The number of aliphatic carboxylic acids is 1. The van der Waals surface area contributed by atoms with Crippen molar-refractivity contribution in [2.45, 2.75) is 18.6 Å². The van der Waals surface area contributed by atoms with Gasteiger partial charge in [-0.15, -0.1) is 0 Å². The van der Waals surface area contributed by atoms with Gasteiger partial charge in [-0.1, -0.05) is 0 Å². The van der Waals surface area contributed by atoms with Crippen molar-refractivity contribution in [2.75, 3.05) is 27.2 Å². The maximum Gasteiger partial charge on any atom is 0.390 e. The number of rotatable bonds is 6. The van der Waals surface area contributed by atoms with Gasteiger partial charge in [-0.05, 0) is 14.1 Å². The van der Waals surface area contributed by atoms with Gasteiger partial charge in [0.05, 0.1) is 6.42 Å². The highest BCUT2D eigenvalue weighted by atomic mass is 19.4. The summed E-state index contributed by atoms with van der Waals surface area (Å²) in [5, 5.41) is 11.1. The first-order chi connectivity index (χ1) is 6.76. The van der Waals surface area contributed by atoms with Crippen LogP contribution in [-0.4, -0.2) is 55.4 Å². The van der Waals surface area contributed by atoms with Crippen molar-refractivity contribution in [3.05, 3.63) is 0 Å². The summed E-state index contributed by atoms with van der Waals surface area (Å²) < 4.78 is 35.5. The normalized spacial score (nSPS) is 14.3. The Morgan fingerprint density at radius 3 is 2.40 bits per heavy atom. The zero-order valence-corrected chi connectivity index (χ0v) is 8.64. The standard InChI is InChI=1S/C8H15F3N2O2/c1-12-6(7(14)15)5-13(2)4-3-8(9,10)11/h6,12H,3-5H2,1-2H3,(H,14,15). The van der Waals surface area contributed by atoms with E-state index in [2.05, 4.69) is 5.32 Å². The van der Waals surface area contributed by atoms with Gasteiger partial charge in [-0.2, -0.15) is 13.2 Å². The first kappa shape index (κ1) is 14.2. The van der Waals surface area contributed by atoms with Crippen LogP contribution in [0.4, 0.5) is 13.2 Å². The van der Waals surface area contributed by atoms with Crippen molar-refractivity contribution in [1.29, 1.82) is 0 Å². The summed E-state index contributed by atoms with van der Waals surface area (Å²) in [5.74, 6) is -1.07. The number of nitrogens with zero attached hydrogens (tertiary/aromatic N) is 1. The molecular formula is C8H15F3N2O2. The minimum absolute atomic E-state index is 0.0436. The molecule has 0 amide bonds. The lowest BCUT2D eigenvalue weighted by molar-refractivity contribution is -0.141. The van der Waals surface area contributed by atoms with E-state index in [1.165, 1.54) is 19.0 Å². The van der Waals surface area contributed by atoms with Gasteiger partial charge in [0.15, 0.2) is 0 Å². The van der Waals surface area contributed by atoms with Crippen molar-refractivity contribution in [2.24, 2.45) is 0 Å². The first-order valence-corrected chi connectivity index (χ1v) is 4.41. The van der Waals surface area contributed by atoms with Gasteiger partial charge in [0, 0.05) is 13.1 Å². The highest BCUT2D eigenvalue weighted by Crippen LogP contribution is 2.19. The summed E-state index contributed by atoms with van der Waals surface area (Å²) in [6.07, 6.45) is -5.13. The maximum atomic E-state index is 11.8. The number of carboxylic acid groups (broad SMARTS) is 1. The van der Waals surface area contributed by atoms with Crippen LogP contribution in [0.15, 0.2) is 0 Å². The van der Waals surface area contributed by atoms with E-state index in [0.29, 0.717) is 0 Å². The van der Waals surface area contributed by atoms with Crippen molar-refractivity contribution >= 4 is 5.97 Å². The molecule has 0 bridgehead atoms.